The Kier molecular flexibility index (Phi) is 2.44. The molecule has 21 heavy (non-hydrogen) atoms. The molecule has 0 amide bonds. The Morgan fingerprint density at radius 1 is 1.00 bits per heavy atom. The predicted molar refractivity (Wildman–Crippen MR) is 82.2 cm³/mol. The zero-order chi connectivity index (χ0) is 14.4. The highest BCUT2D eigenvalue weighted by Gasteiger charge is 2.17. The molecule has 0 saturated carbocycles. The van der Waals surface area contributed by atoms with Crippen molar-refractivity contribution in [3.63, 3.8) is 0 Å². The highest BCUT2D eigenvalue weighted by atomic mass is 16.3. The lowest BCUT2D eigenvalue weighted by atomic mass is 10.1. The standard InChI is InChI=1S/C17H12N2O2/c1-19-15-12-9-5-6-10-13(12)21-16(15)14(18-17(19)20)11-7-3-2-4-8-11/h2-10H,1H3. The lowest BCUT2D eigenvalue weighted by Gasteiger charge is -2.04. The van der Waals surface area contributed by atoms with Crippen LogP contribution in [0, 0.1) is 0 Å². The van der Waals surface area contributed by atoms with Crippen LogP contribution in [0.3, 0.4) is 0 Å². The molecule has 0 spiro atoms. The van der Waals surface area contributed by atoms with E-state index in [0.717, 1.165) is 22.0 Å². The van der Waals surface area contributed by atoms with Crippen LogP contribution in [0.5, 0.6) is 0 Å². The molecule has 4 aromatic rings. The second-order valence-corrected chi connectivity index (χ2v) is 4.94. The molecule has 102 valence electrons. The summed E-state index contributed by atoms with van der Waals surface area (Å²) >= 11 is 0. The fourth-order valence-corrected chi connectivity index (χ4v) is 2.63. The average molecular weight is 276 g/mol. The maximum Gasteiger partial charge on any atom is 0.348 e. The van der Waals surface area contributed by atoms with E-state index >= 15 is 0 Å². The Balaban J connectivity index is 2.23. The number of hydrogen-bond donors (Lipinski definition) is 0. The van der Waals surface area contributed by atoms with Crippen molar-refractivity contribution in [2.75, 3.05) is 0 Å². The quantitative estimate of drug-likeness (QED) is 0.535. The number of rotatable bonds is 1. The number of fused-ring (bicyclic) bond motifs is 3. The van der Waals surface area contributed by atoms with E-state index in [-0.39, 0.29) is 5.69 Å². The largest absolute Gasteiger partial charge is 0.452 e. The van der Waals surface area contributed by atoms with Gasteiger partial charge in [-0.25, -0.2) is 4.79 Å². The summed E-state index contributed by atoms with van der Waals surface area (Å²) in [6.07, 6.45) is 0. The zero-order valence-electron chi connectivity index (χ0n) is 11.4. The van der Waals surface area contributed by atoms with Gasteiger partial charge in [0.1, 0.15) is 16.8 Å². The molecule has 0 aliphatic rings. The molecule has 0 unspecified atom stereocenters. The van der Waals surface area contributed by atoms with Gasteiger partial charge in [-0.1, -0.05) is 42.5 Å². The maximum atomic E-state index is 12.2. The summed E-state index contributed by atoms with van der Waals surface area (Å²) in [5, 5.41) is 0.923. The van der Waals surface area contributed by atoms with Gasteiger partial charge in [0.25, 0.3) is 0 Å². The molecular formula is C17H12N2O2. The van der Waals surface area contributed by atoms with Gasteiger partial charge in [0.2, 0.25) is 0 Å². The van der Waals surface area contributed by atoms with Crippen LogP contribution in [0.4, 0.5) is 0 Å². The molecule has 0 aliphatic carbocycles. The number of hydrogen-bond acceptors (Lipinski definition) is 3. The van der Waals surface area contributed by atoms with Crippen molar-refractivity contribution in [1.29, 1.82) is 0 Å². The van der Waals surface area contributed by atoms with Gasteiger partial charge in [-0.3, -0.25) is 4.57 Å². The van der Waals surface area contributed by atoms with Crippen molar-refractivity contribution in [3.05, 3.63) is 65.1 Å². The van der Waals surface area contributed by atoms with E-state index in [0.29, 0.717) is 11.3 Å². The number of aromatic nitrogens is 2. The van der Waals surface area contributed by atoms with Gasteiger partial charge in [0.15, 0.2) is 5.58 Å². The van der Waals surface area contributed by atoms with E-state index in [4.69, 9.17) is 4.42 Å². The fraction of sp³-hybridized carbons (Fsp3) is 0.0588. The van der Waals surface area contributed by atoms with E-state index in [9.17, 15) is 4.79 Å². The molecule has 2 aromatic heterocycles. The Hall–Kier alpha value is -2.88. The third kappa shape index (κ3) is 1.69. The third-order valence-electron chi connectivity index (χ3n) is 3.66. The molecule has 2 heterocycles. The molecule has 0 N–H and O–H groups in total. The van der Waals surface area contributed by atoms with Crippen molar-refractivity contribution in [1.82, 2.24) is 9.55 Å². The summed E-state index contributed by atoms with van der Waals surface area (Å²) in [5.74, 6) is 0. The fourth-order valence-electron chi connectivity index (χ4n) is 2.63. The highest BCUT2D eigenvalue weighted by molar-refractivity contribution is 6.06. The van der Waals surface area contributed by atoms with Gasteiger partial charge in [0.05, 0.1) is 0 Å². The van der Waals surface area contributed by atoms with Crippen molar-refractivity contribution >= 4 is 22.1 Å². The Morgan fingerprint density at radius 3 is 2.52 bits per heavy atom. The smallest absolute Gasteiger partial charge is 0.348 e. The van der Waals surface area contributed by atoms with E-state index in [1.807, 2.05) is 54.6 Å². The Labute approximate surface area is 120 Å². The molecule has 4 rings (SSSR count). The van der Waals surface area contributed by atoms with E-state index < -0.39 is 0 Å². The summed E-state index contributed by atoms with van der Waals surface area (Å²) < 4.78 is 7.49. The first kappa shape index (κ1) is 11.9. The lowest BCUT2D eigenvalue weighted by molar-refractivity contribution is 0.662. The minimum Gasteiger partial charge on any atom is -0.452 e. The average Bonchev–Trinajstić information content (AvgIpc) is 2.91. The first-order valence-corrected chi connectivity index (χ1v) is 6.69. The number of aryl methyl sites for hydroxylation is 1. The SMILES string of the molecule is Cn1c(=O)nc(-c2ccccc2)c2oc3ccccc3c21. The van der Waals surface area contributed by atoms with Crippen molar-refractivity contribution in [2.24, 2.45) is 7.05 Å². The van der Waals surface area contributed by atoms with Crippen LogP contribution in [-0.2, 0) is 7.05 Å². The summed E-state index contributed by atoms with van der Waals surface area (Å²) in [7, 11) is 1.72. The van der Waals surface area contributed by atoms with Crippen LogP contribution in [0.25, 0.3) is 33.3 Å². The number of benzene rings is 2. The molecular weight excluding hydrogens is 264 g/mol. The first-order valence-electron chi connectivity index (χ1n) is 6.69. The van der Waals surface area contributed by atoms with Crippen molar-refractivity contribution in [2.45, 2.75) is 0 Å². The van der Waals surface area contributed by atoms with Crippen LogP contribution in [-0.4, -0.2) is 9.55 Å². The van der Waals surface area contributed by atoms with Crippen LogP contribution < -0.4 is 5.69 Å². The van der Waals surface area contributed by atoms with Crippen LogP contribution in [0.15, 0.2) is 63.8 Å². The van der Waals surface area contributed by atoms with Gasteiger partial charge in [0, 0.05) is 18.0 Å². The molecule has 4 nitrogen and oxygen atoms in total. The van der Waals surface area contributed by atoms with Crippen LogP contribution in [0.1, 0.15) is 0 Å². The molecule has 0 atom stereocenters. The van der Waals surface area contributed by atoms with E-state index in [2.05, 4.69) is 4.98 Å². The molecule has 0 fully saturated rings. The minimum atomic E-state index is -0.284. The summed E-state index contributed by atoms with van der Waals surface area (Å²) in [5.41, 5.74) is 3.36. The first-order chi connectivity index (χ1) is 10.3. The molecule has 0 aliphatic heterocycles. The summed E-state index contributed by atoms with van der Waals surface area (Å²) in [6.45, 7) is 0. The zero-order valence-corrected chi connectivity index (χ0v) is 11.4. The van der Waals surface area contributed by atoms with Gasteiger partial charge in [-0.05, 0) is 12.1 Å². The Morgan fingerprint density at radius 2 is 1.71 bits per heavy atom. The van der Waals surface area contributed by atoms with Crippen LogP contribution in [0.2, 0.25) is 0 Å². The highest BCUT2D eigenvalue weighted by Crippen LogP contribution is 2.32. The number of para-hydroxylation sites is 1. The van der Waals surface area contributed by atoms with Gasteiger partial charge in [-0.2, -0.15) is 4.98 Å². The van der Waals surface area contributed by atoms with Crippen molar-refractivity contribution < 1.29 is 4.42 Å². The van der Waals surface area contributed by atoms with E-state index in [1.54, 1.807) is 7.05 Å². The minimum absolute atomic E-state index is 0.284. The van der Waals surface area contributed by atoms with Crippen molar-refractivity contribution in [3.8, 4) is 11.3 Å². The molecule has 0 saturated heterocycles. The number of nitrogens with zero attached hydrogens (tertiary/aromatic N) is 2. The molecule has 2 aromatic carbocycles. The normalized spacial score (nSPS) is 11.3. The van der Waals surface area contributed by atoms with E-state index in [1.165, 1.54) is 4.57 Å². The van der Waals surface area contributed by atoms with Gasteiger partial charge >= 0.3 is 5.69 Å². The van der Waals surface area contributed by atoms with Crippen LogP contribution >= 0.6 is 0 Å². The van der Waals surface area contributed by atoms with Gasteiger partial charge < -0.3 is 4.42 Å². The monoisotopic (exact) mass is 276 g/mol. The third-order valence-corrected chi connectivity index (χ3v) is 3.66. The second-order valence-electron chi connectivity index (χ2n) is 4.94. The second kappa shape index (κ2) is 4.31. The molecule has 4 heteroatoms. The van der Waals surface area contributed by atoms with Gasteiger partial charge in [-0.15, -0.1) is 0 Å². The number of furan rings is 1. The molecule has 0 radical (unpaired) electrons. The Bertz CT molecular complexity index is 1010. The molecule has 0 bridgehead atoms. The predicted octanol–water partition coefficient (Wildman–Crippen LogP) is 3.35. The topological polar surface area (TPSA) is 48.0 Å². The summed E-state index contributed by atoms with van der Waals surface area (Å²) in [6, 6.07) is 17.3. The summed E-state index contributed by atoms with van der Waals surface area (Å²) in [4.78, 5) is 16.4. The maximum absolute atomic E-state index is 12.2. The lowest BCUT2D eigenvalue weighted by Crippen LogP contribution is -2.20.